The largest absolute Gasteiger partial charge is 0.494 e. The van der Waals surface area contributed by atoms with E-state index in [4.69, 9.17) is 16.3 Å². The molecule has 0 fully saturated rings. The molecule has 0 unspecified atom stereocenters. The molecule has 0 heterocycles. The molecule has 0 aliphatic carbocycles. The Labute approximate surface area is 137 Å². The van der Waals surface area contributed by atoms with Crippen LogP contribution in [-0.2, 0) is 6.54 Å². The Hall–Kier alpha value is -1.26. The van der Waals surface area contributed by atoms with Crippen LogP contribution in [0.3, 0.4) is 0 Å². The number of rotatable bonds is 6. The highest BCUT2D eigenvalue weighted by molar-refractivity contribution is 9.10. The second-order valence-corrected chi connectivity index (χ2v) is 5.86. The van der Waals surface area contributed by atoms with E-state index >= 15 is 0 Å². The molecule has 112 valence electrons. The molecule has 2 aromatic rings. The first-order valence-electron chi connectivity index (χ1n) is 6.70. The smallest absolute Gasteiger partial charge is 0.125 e. The average Bonchev–Trinajstić information content (AvgIpc) is 2.44. The van der Waals surface area contributed by atoms with Crippen LogP contribution in [0.2, 0.25) is 5.02 Å². The summed E-state index contributed by atoms with van der Waals surface area (Å²) in [6.07, 6.45) is 0.973. The molecular weight excluding hydrogens is 357 g/mol. The Kier molecular flexibility index (Phi) is 5.88. The van der Waals surface area contributed by atoms with Gasteiger partial charge in [0.15, 0.2) is 0 Å². The highest BCUT2D eigenvalue weighted by Gasteiger charge is 2.08. The Morgan fingerprint density at radius 1 is 1.29 bits per heavy atom. The van der Waals surface area contributed by atoms with Gasteiger partial charge in [-0.2, -0.15) is 0 Å². The molecule has 21 heavy (non-hydrogen) atoms. The van der Waals surface area contributed by atoms with Crippen LogP contribution in [0.1, 0.15) is 18.9 Å². The van der Waals surface area contributed by atoms with E-state index in [1.54, 1.807) is 0 Å². The van der Waals surface area contributed by atoms with E-state index in [1.165, 1.54) is 12.1 Å². The molecule has 0 aliphatic rings. The Morgan fingerprint density at radius 3 is 2.81 bits per heavy atom. The van der Waals surface area contributed by atoms with Gasteiger partial charge in [-0.05, 0) is 52.2 Å². The lowest BCUT2D eigenvalue weighted by Gasteiger charge is -2.12. The van der Waals surface area contributed by atoms with Gasteiger partial charge in [0.2, 0.25) is 0 Å². The number of nitrogens with one attached hydrogen (secondary N) is 1. The highest BCUT2D eigenvalue weighted by atomic mass is 79.9. The standard InChI is InChI=1S/C16H16BrClFNO/c1-2-6-21-13-5-3-4-11(7-13)10-20-16-14(17)8-12(19)9-15(16)18/h3-5,7-9,20H,2,6,10H2,1H3. The molecule has 0 spiro atoms. The first-order valence-corrected chi connectivity index (χ1v) is 7.87. The zero-order valence-corrected chi connectivity index (χ0v) is 14.0. The molecule has 0 bridgehead atoms. The van der Waals surface area contributed by atoms with Crippen LogP contribution < -0.4 is 10.1 Å². The van der Waals surface area contributed by atoms with Crippen molar-refractivity contribution in [1.82, 2.24) is 0 Å². The van der Waals surface area contributed by atoms with E-state index in [2.05, 4.69) is 28.2 Å². The summed E-state index contributed by atoms with van der Waals surface area (Å²) < 4.78 is 19.4. The first kappa shape index (κ1) is 16.1. The fourth-order valence-electron chi connectivity index (χ4n) is 1.87. The van der Waals surface area contributed by atoms with Gasteiger partial charge in [0.1, 0.15) is 11.6 Å². The van der Waals surface area contributed by atoms with Crippen LogP contribution in [-0.4, -0.2) is 6.61 Å². The fraction of sp³-hybridized carbons (Fsp3) is 0.250. The third kappa shape index (κ3) is 4.61. The van der Waals surface area contributed by atoms with E-state index in [9.17, 15) is 4.39 Å². The molecule has 0 amide bonds. The monoisotopic (exact) mass is 371 g/mol. The van der Waals surface area contributed by atoms with Crippen molar-refractivity contribution in [2.45, 2.75) is 19.9 Å². The lowest BCUT2D eigenvalue weighted by molar-refractivity contribution is 0.317. The van der Waals surface area contributed by atoms with Crippen LogP contribution in [0.25, 0.3) is 0 Å². The minimum absolute atomic E-state index is 0.347. The molecule has 2 nitrogen and oxygen atoms in total. The molecule has 1 N–H and O–H groups in total. The van der Waals surface area contributed by atoms with E-state index in [0.717, 1.165) is 17.7 Å². The molecule has 2 rings (SSSR count). The topological polar surface area (TPSA) is 21.3 Å². The Bertz CT molecular complexity index is 598. The quantitative estimate of drug-likeness (QED) is 0.708. The normalized spacial score (nSPS) is 10.5. The zero-order valence-electron chi connectivity index (χ0n) is 11.6. The third-order valence-corrected chi connectivity index (χ3v) is 3.77. The Balaban J connectivity index is 2.06. The lowest BCUT2D eigenvalue weighted by Crippen LogP contribution is -2.02. The second-order valence-electron chi connectivity index (χ2n) is 4.59. The lowest BCUT2D eigenvalue weighted by atomic mass is 10.2. The number of hydrogen-bond acceptors (Lipinski definition) is 2. The fourth-order valence-corrected chi connectivity index (χ4v) is 2.83. The summed E-state index contributed by atoms with van der Waals surface area (Å²) in [4.78, 5) is 0. The van der Waals surface area contributed by atoms with Gasteiger partial charge < -0.3 is 10.1 Å². The van der Waals surface area contributed by atoms with E-state index in [1.807, 2.05) is 24.3 Å². The number of benzene rings is 2. The summed E-state index contributed by atoms with van der Waals surface area (Å²) in [5.41, 5.74) is 1.74. The molecule has 2 aromatic carbocycles. The van der Waals surface area contributed by atoms with Gasteiger partial charge in [-0.25, -0.2) is 4.39 Å². The van der Waals surface area contributed by atoms with Crippen molar-refractivity contribution in [1.29, 1.82) is 0 Å². The van der Waals surface area contributed by atoms with Crippen LogP contribution in [0.5, 0.6) is 5.75 Å². The van der Waals surface area contributed by atoms with Gasteiger partial charge >= 0.3 is 0 Å². The molecule has 0 saturated heterocycles. The third-order valence-electron chi connectivity index (χ3n) is 2.85. The van der Waals surface area contributed by atoms with Crippen LogP contribution in [0.4, 0.5) is 10.1 Å². The number of halogens is 3. The van der Waals surface area contributed by atoms with Crippen LogP contribution in [0.15, 0.2) is 40.9 Å². The molecule has 0 saturated carbocycles. The van der Waals surface area contributed by atoms with E-state index < -0.39 is 0 Å². The van der Waals surface area contributed by atoms with Crippen molar-refractivity contribution in [2.24, 2.45) is 0 Å². The molecule has 0 aliphatic heterocycles. The maximum absolute atomic E-state index is 13.2. The van der Waals surface area contributed by atoms with Crippen LogP contribution in [0, 0.1) is 5.82 Å². The SMILES string of the molecule is CCCOc1cccc(CNc2c(Cl)cc(F)cc2Br)c1. The van der Waals surface area contributed by atoms with Crippen molar-refractivity contribution >= 4 is 33.2 Å². The number of anilines is 1. The van der Waals surface area contributed by atoms with Crippen molar-refractivity contribution in [3.63, 3.8) is 0 Å². The summed E-state index contributed by atoms with van der Waals surface area (Å²) >= 11 is 9.35. The van der Waals surface area contributed by atoms with Gasteiger partial charge in [0.25, 0.3) is 0 Å². The van der Waals surface area contributed by atoms with Crippen LogP contribution >= 0.6 is 27.5 Å². The number of ether oxygens (including phenoxy) is 1. The summed E-state index contributed by atoms with van der Waals surface area (Å²) in [5, 5.41) is 3.55. The predicted molar refractivity (Wildman–Crippen MR) is 88.7 cm³/mol. The summed E-state index contributed by atoms with van der Waals surface area (Å²) in [7, 11) is 0. The highest BCUT2D eigenvalue weighted by Crippen LogP contribution is 2.32. The maximum Gasteiger partial charge on any atom is 0.125 e. The first-order chi connectivity index (χ1) is 10.1. The summed E-state index contributed by atoms with van der Waals surface area (Å²) in [6.45, 7) is 3.35. The van der Waals surface area contributed by atoms with Gasteiger partial charge in [-0.3, -0.25) is 0 Å². The molecular formula is C16H16BrClFNO. The van der Waals surface area contributed by atoms with Gasteiger partial charge in [-0.15, -0.1) is 0 Å². The van der Waals surface area contributed by atoms with Crippen molar-refractivity contribution < 1.29 is 9.13 Å². The van der Waals surface area contributed by atoms with Gasteiger partial charge in [0, 0.05) is 11.0 Å². The van der Waals surface area contributed by atoms with E-state index in [-0.39, 0.29) is 5.82 Å². The summed E-state index contributed by atoms with van der Waals surface area (Å²) in [5.74, 6) is 0.479. The van der Waals surface area contributed by atoms with Crippen molar-refractivity contribution in [2.75, 3.05) is 11.9 Å². The average molecular weight is 373 g/mol. The van der Waals surface area contributed by atoms with E-state index in [0.29, 0.717) is 28.3 Å². The van der Waals surface area contributed by atoms with Gasteiger partial charge in [-0.1, -0.05) is 30.7 Å². The van der Waals surface area contributed by atoms with Crippen molar-refractivity contribution in [3.8, 4) is 5.75 Å². The molecule has 0 atom stereocenters. The second kappa shape index (κ2) is 7.66. The molecule has 0 radical (unpaired) electrons. The molecule has 0 aromatic heterocycles. The zero-order chi connectivity index (χ0) is 15.2. The Morgan fingerprint density at radius 2 is 2.10 bits per heavy atom. The summed E-state index contributed by atoms with van der Waals surface area (Å²) in [6, 6.07) is 10.5. The molecule has 5 heteroatoms. The minimum atomic E-state index is -0.368. The minimum Gasteiger partial charge on any atom is -0.494 e. The van der Waals surface area contributed by atoms with Crippen molar-refractivity contribution in [3.05, 3.63) is 57.3 Å². The van der Waals surface area contributed by atoms with Gasteiger partial charge in [0.05, 0.1) is 17.3 Å². The predicted octanol–water partition coefficient (Wildman–Crippen LogP) is 5.64. The maximum atomic E-state index is 13.2. The number of hydrogen-bond donors (Lipinski definition) is 1.